The number of nitrogens with zero attached hydrogens (tertiary/aromatic N) is 4. The van der Waals surface area contributed by atoms with Gasteiger partial charge in [0.05, 0.1) is 46.0 Å². The summed E-state index contributed by atoms with van der Waals surface area (Å²) in [5.41, 5.74) is 14.7. The lowest BCUT2D eigenvalue weighted by atomic mass is 10.2. The first-order valence-electron chi connectivity index (χ1n) is 31.2. The average molecular weight is 1440 g/mol. The van der Waals surface area contributed by atoms with E-state index in [1.807, 2.05) is 79.7 Å². The highest BCUT2D eigenvalue weighted by Crippen LogP contribution is 2.29. The Balaban J connectivity index is 0.000000171. The first-order chi connectivity index (χ1) is 49.0. The number of nitrogens with two attached hydrogens (primary N) is 1. The Morgan fingerprint density at radius 1 is 0.529 bits per heavy atom. The second-order valence-corrected chi connectivity index (χ2v) is 24.6. The quantitative estimate of drug-likeness (QED) is 0.0293. The largest absolute Gasteiger partial charge is 0.508 e. The lowest BCUT2D eigenvalue weighted by molar-refractivity contribution is 0.0531. The minimum absolute atomic E-state index is 0.0323. The number of aryl methyl sites for hydroxylation is 1. The van der Waals surface area contributed by atoms with Crippen molar-refractivity contribution < 1.29 is 82.5 Å². The fraction of sp³-hybridized carbons (Fsp3) is 0.219. The van der Waals surface area contributed by atoms with Crippen molar-refractivity contribution in [2.75, 3.05) is 70.7 Å². The number of nitrogens with one attached hydrogen (secondary N) is 4. The van der Waals surface area contributed by atoms with Crippen LogP contribution in [0.1, 0.15) is 43.0 Å². The van der Waals surface area contributed by atoms with E-state index in [9.17, 15) is 27.1 Å². The molecule has 102 heavy (non-hydrogen) atoms. The molecule has 0 atom stereocenters. The summed E-state index contributed by atoms with van der Waals surface area (Å²) in [6.45, 7) is 8.93. The van der Waals surface area contributed by atoms with E-state index >= 15 is 0 Å². The van der Waals surface area contributed by atoms with Gasteiger partial charge in [0.25, 0.3) is 33.5 Å². The predicted octanol–water partition coefficient (Wildman–Crippen LogP) is 15.7. The van der Waals surface area contributed by atoms with E-state index in [1.165, 1.54) is 12.1 Å². The number of amides is 1. The highest BCUT2D eigenvalue weighted by atomic mass is 35.5. The van der Waals surface area contributed by atoms with Crippen LogP contribution in [0.4, 0.5) is 31.6 Å². The predicted molar refractivity (Wildman–Crippen MR) is 384 cm³/mol. The normalized spacial score (nSPS) is 11.3. The molecule has 0 bridgehead atoms. The number of carbonyl (C=O) groups excluding carboxylic acids is 1. The van der Waals surface area contributed by atoms with Crippen LogP contribution in [0.5, 0.6) is 40.2 Å². The Bertz CT molecular complexity index is 4830. The summed E-state index contributed by atoms with van der Waals surface area (Å²) < 4.78 is 114. The number of methoxy groups -OCH3 is 4. The number of phenols is 1. The van der Waals surface area contributed by atoms with E-state index in [-0.39, 0.29) is 47.9 Å². The fourth-order valence-corrected chi connectivity index (χ4v) is 9.37. The summed E-state index contributed by atoms with van der Waals surface area (Å²) >= 11 is 5.56. The fourth-order valence-electron chi connectivity index (χ4n) is 8.71. The molecule has 0 aliphatic heterocycles. The van der Waals surface area contributed by atoms with E-state index in [4.69, 9.17) is 72.7 Å². The van der Waals surface area contributed by atoms with Crippen molar-refractivity contribution in [3.05, 3.63) is 221 Å². The Hall–Kier alpha value is -11.6. The zero-order chi connectivity index (χ0) is 73.2. The number of benzene rings is 8. The molecule has 0 saturated heterocycles. The van der Waals surface area contributed by atoms with Crippen molar-refractivity contribution in [3.8, 4) is 40.2 Å². The number of aromatic hydroxyl groups is 1. The van der Waals surface area contributed by atoms with Gasteiger partial charge in [-0.15, -0.1) is 0 Å². The lowest BCUT2D eigenvalue weighted by Gasteiger charge is -2.20. The minimum atomic E-state index is -4.02. The number of oxazole rings is 4. The first-order valence-corrected chi connectivity index (χ1v) is 33.0. The molecule has 4 aromatic heterocycles. The van der Waals surface area contributed by atoms with Crippen molar-refractivity contribution in [2.24, 2.45) is 5.73 Å². The Labute approximate surface area is 590 Å². The number of hydrogen-bond donors (Lipinski definition) is 7. The number of halogens is 3. The second kappa shape index (κ2) is 37.0. The van der Waals surface area contributed by atoms with Gasteiger partial charge < -0.3 is 82.9 Å². The molecule has 0 fully saturated rings. The summed E-state index contributed by atoms with van der Waals surface area (Å²) in [7, 11) is 2.47. The molecule has 12 aromatic rings. The van der Waals surface area contributed by atoms with Crippen LogP contribution in [0.3, 0.4) is 0 Å². The highest BCUT2D eigenvalue weighted by molar-refractivity contribution is 7.85. The van der Waals surface area contributed by atoms with E-state index < -0.39 is 21.8 Å². The van der Waals surface area contributed by atoms with Crippen LogP contribution >= 0.6 is 11.6 Å². The third-order valence-corrected chi connectivity index (χ3v) is 15.1. The molecule has 0 saturated carbocycles. The number of rotatable bonds is 23. The zero-order valence-corrected chi connectivity index (χ0v) is 58.4. The maximum Gasteiger partial charge on any atom is 0.407 e. The number of carbonyl (C=O) groups is 1. The Kier molecular flexibility index (Phi) is 27.6. The van der Waals surface area contributed by atoms with Gasteiger partial charge in [-0.1, -0.05) is 54.1 Å². The third kappa shape index (κ3) is 24.1. The van der Waals surface area contributed by atoms with Crippen LogP contribution < -0.4 is 55.4 Å². The Morgan fingerprint density at radius 3 is 1.30 bits per heavy atom. The molecule has 1 amide bonds. The lowest BCUT2D eigenvalue weighted by Crippen LogP contribution is -2.34. The van der Waals surface area contributed by atoms with Gasteiger partial charge in [0.1, 0.15) is 81.1 Å². The van der Waals surface area contributed by atoms with Gasteiger partial charge in [0, 0.05) is 68.1 Å². The maximum atomic E-state index is 13.2. The first kappa shape index (κ1) is 76.2. The molecule has 0 spiro atoms. The van der Waals surface area contributed by atoms with Crippen molar-refractivity contribution in [1.82, 2.24) is 25.3 Å². The van der Waals surface area contributed by atoms with Crippen LogP contribution in [0, 0.1) is 6.92 Å². The molecule has 0 aliphatic carbocycles. The molecule has 0 radical (unpaired) electrons. The van der Waals surface area contributed by atoms with Crippen molar-refractivity contribution in [2.45, 2.75) is 57.8 Å². The third-order valence-electron chi connectivity index (χ3n) is 14.1. The topological polar surface area (TPSA) is 335 Å². The molecule has 8 aromatic carbocycles. The van der Waals surface area contributed by atoms with Gasteiger partial charge >= 0.3 is 6.09 Å². The van der Waals surface area contributed by atoms with E-state index in [1.54, 1.807) is 134 Å². The number of alkyl carbamates (subject to hydrolysis) is 1. The summed E-state index contributed by atoms with van der Waals surface area (Å²) in [6, 6.07) is 51.0. The number of ether oxygens (including phenoxy) is 7. The van der Waals surface area contributed by atoms with E-state index in [0.29, 0.717) is 106 Å². The molecule has 8 N–H and O–H groups in total. The molecule has 4 heterocycles. The van der Waals surface area contributed by atoms with Crippen molar-refractivity contribution in [3.63, 3.8) is 0 Å². The van der Waals surface area contributed by atoms with Gasteiger partial charge in [-0.3, -0.25) is 4.55 Å². The summed E-state index contributed by atoms with van der Waals surface area (Å²) in [5, 5.41) is 21.4. The molecular formula is C73H76ClF2N9O16S. The standard InChI is InChI=1S/C24H28FN3O5.C19H20FN3O3.C15H14N2O3.C8H6ClNO2.C7H8O3S/c1-24(2,3)33-23(29)27-14-17(12-25)15-31-19-9-10-20-21(11-19)32-22(28-20)26-13-16-5-7-18(30-4)8-6-16;1-24-15-4-2-13(3-5-15)11-22-19-23-17-7-6-16(8-18(17)26-19)25-12-14(9-20)10-21;1-19-12-5-2-10(3-6-12)9-16-15-17-13-7-4-11(18)8-14(13)20-15;1-11-5-2-3-6-7(4-5)12-8(9)10-6;1-6-2-4-7(5-3-6)11(8,9)10/h5-12H,13-15H2,1-4H3,(H,26,28)(H,27,29);2-9H,10-12,21H2,1H3,(H,22,23);2-8,18H,9H2,1H3,(H,16,17);2-4H,1H3;2-5H,1H3,(H,8,9,10)/b17-12+;14-9+;;;. The van der Waals surface area contributed by atoms with Crippen molar-refractivity contribution in [1.29, 1.82) is 0 Å². The molecule has 25 nitrogen and oxygen atoms in total. The van der Waals surface area contributed by atoms with Crippen LogP contribution in [0.15, 0.2) is 216 Å². The monoisotopic (exact) mass is 1440 g/mol. The van der Waals surface area contributed by atoms with Gasteiger partial charge in [0.2, 0.25) is 0 Å². The van der Waals surface area contributed by atoms with Crippen LogP contribution in [0.2, 0.25) is 5.35 Å². The van der Waals surface area contributed by atoms with Crippen molar-refractivity contribution >= 4 is 90.3 Å². The van der Waals surface area contributed by atoms with Gasteiger partial charge in [-0.25, -0.2) is 13.6 Å². The molecular weight excluding hydrogens is 1360 g/mol. The van der Waals surface area contributed by atoms with Crippen LogP contribution in [-0.2, 0) is 34.5 Å². The van der Waals surface area contributed by atoms with Gasteiger partial charge in [-0.05, 0) is 153 Å². The number of anilines is 3. The molecule has 0 aliphatic rings. The minimum Gasteiger partial charge on any atom is -0.508 e. The van der Waals surface area contributed by atoms with Gasteiger partial charge in [0.15, 0.2) is 22.3 Å². The second-order valence-electron chi connectivity index (χ2n) is 22.8. The number of aromatic nitrogens is 4. The summed E-state index contributed by atoms with van der Waals surface area (Å²) in [6.07, 6.45) is 0.249. The SMILES string of the molecule is COc1ccc(CNc2nc3ccc(O)cc3o2)cc1.COc1ccc(CNc2nc3ccc(OC/C(=C/F)CN)cc3o2)cc1.COc1ccc(CNc2nc3ccc(OC/C(=C/F)CNC(=O)OC(C)(C)C)cc3o2)cc1.COc1ccc2nc(Cl)oc2c1.Cc1ccc(S(=O)(=O)O)cc1. The van der Waals surface area contributed by atoms with E-state index in [0.717, 1.165) is 50.8 Å². The maximum absolute atomic E-state index is 13.2. The summed E-state index contributed by atoms with van der Waals surface area (Å²) in [4.78, 5) is 28.7. The molecule has 0 unspecified atom stereocenters. The van der Waals surface area contributed by atoms with Crippen LogP contribution in [-0.4, -0.2) is 104 Å². The Morgan fingerprint density at radius 2 is 0.902 bits per heavy atom. The van der Waals surface area contributed by atoms with Gasteiger partial charge in [-0.2, -0.15) is 28.4 Å². The smallest absolute Gasteiger partial charge is 0.407 e. The average Bonchev–Trinajstić information content (AvgIpc) is 1.70. The molecule has 12 rings (SSSR count). The molecule has 29 heteroatoms. The summed E-state index contributed by atoms with van der Waals surface area (Å²) in [5.74, 6) is 4.36. The zero-order valence-electron chi connectivity index (χ0n) is 56.8. The number of fused-ring (bicyclic) bond motifs is 4. The van der Waals surface area contributed by atoms with E-state index in [2.05, 4.69) is 41.2 Å². The molecule has 536 valence electrons. The number of hydrogen-bond acceptors (Lipinski definition) is 23. The van der Waals surface area contributed by atoms with Crippen LogP contribution in [0.25, 0.3) is 44.4 Å². The number of phenolic OH excluding ortho intramolecular Hbond substituents is 1. The highest BCUT2D eigenvalue weighted by Gasteiger charge is 2.17.